The van der Waals surface area contributed by atoms with Gasteiger partial charge in [-0.05, 0) is 156 Å². The van der Waals surface area contributed by atoms with Crippen molar-refractivity contribution in [3.8, 4) is 11.5 Å². The van der Waals surface area contributed by atoms with Crippen LogP contribution in [0.1, 0.15) is 169 Å². The zero-order valence-electron chi connectivity index (χ0n) is 39.2. The normalized spacial score (nSPS) is 50.9. The second-order valence-electron chi connectivity index (χ2n) is 24.9. The molecule has 0 unspecified atom stereocenters. The highest BCUT2D eigenvalue weighted by Gasteiger charge is 2.72. The van der Waals surface area contributed by atoms with Crippen molar-refractivity contribution in [1.29, 1.82) is 0 Å². The van der Waals surface area contributed by atoms with Gasteiger partial charge in [-0.15, -0.1) is 0 Å². The van der Waals surface area contributed by atoms with E-state index in [0.717, 1.165) is 80.9 Å². The average molecular weight is 841 g/mol. The molecule has 330 valence electrons. The monoisotopic (exact) mass is 840 g/mol. The Morgan fingerprint density at radius 3 is 1.69 bits per heavy atom. The number of rotatable bonds is 0. The third-order valence-corrected chi connectivity index (χ3v) is 22.1. The Balaban J connectivity index is 0.969. The lowest BCUT2D eigenvalue weighted by atomic mass is 9.35. The van der Waals surface area contributed by atoms with Crippen LogP contribution in [0.3, 0.4) is 0 Å². The van der Waals surface area contributed by atoms with E-state index in [0.29, 0.717) is 47.6 Å². The third kappa shape index (κ3) is 4.49. The molecular weight excluding hydrogens is 773 g/mol. The van der Waals surface area contributed by atoms with Crippen molar-refractivity contribution < 1.29 is 33.8 Å². The minimum absolute atomic E-state index is 0.00805. The first-order valence-electron chi connectivity index (χ1n) is 24.1. The molecule has 0 spiro atoms. The van der Waals surface area contributed by atoms with E-state index in [1.54, 1.807) is 13.0 Å². The highest BCUT2D eigenvalue weighted by atomic mass is 16.7. The minimum Gasteiger partial charge on any atom is -0.471 e. The van der Waals surface area contributed by atoms with Crippen molar-refractivity contribution in [1.82, 2.24) is 0 Å². The second-order valence-corrected chi connectivity index (χ2v) is 24.9. The lowest BCUT2D eigenvalue weighted by Crippen LogP contribution is -2.70. The molecule has 0 amide bonds. The summed E-state index contributed by atoms with van der Waals surface area (Å²) in [6, 6.07) is 3.71. The molecule has 1 heterocycles. The number of ketones is 4. The fourth-order valence-corrected chi connectivity index (χ4v) is 17.6. The van der Waals surface area contributed by atoms with E-state index in [1.807, 2.05) is 18.2 Å². The highest BCUT2D eigenvalue weighted by molar-refractivity contribution is 6.09. The van der Waals surface area contributed by atoms with Crippen molar-refractivity contribution in [2.24, 2.45) is 61.6 Å². The molecule has 1 aliphatic heterocycles. The molecule has 6 fully saturated rings. The lowest BCUT2D eigenvalue weighted by Gasteiger charge is -2.69. The fourth-order valence-electron chi connectivity index (χ4n) is 17.6. The molecule has 0 radical (unpaired) electrons. The minimum atomic E-state index is -2.33. The first-order chi connectivity index (χ1) is 28.8. The van der Waals surface area contributed by atoms with Crippen LogP contribution in [0, 0.1) is 61.6 Å². The van der Waals surface area contributed by atoms with Crippen molar-refractivity contribution in [2.75, 3.05) is 0 Å². The number of carbonyl (C=O) groups is 4. The Morgan fingerprint density at radius 1 is 0.581 bits per heavy atom. The summed E-state index contributed by atoms with van der Waals surface area (Å²) >= 11 is 0. The number of ether oxygens (including phenoxy) is 2. The molecule has 6 saturated carbocycles. The summed E-state index contributed by atoms with van der Waals surface area (Å²) in [7, 11) is 0. The van der Waals surface area contributed by atoms with Crippen LogP contribution in [0.25, 0.3) is 0 Å². The highest BCUT2D eigenvalue weighted by Crippen LogP contribution is 2.76. The van der Waals surface area contributed by atoms with Gasteiger partial charge in [0, 0.05) is 46.6 Å². The molecular formula is C55H68O7. The Morgan fingerprint density at radius 2 is 1.11 bits per heavy atom. The number of carbonyl (C=O) groups excluding carboxylic acids is 4. The SMILES string of the molecule is C[C@@H]1C[C@@H]2[C@@](C)(CC[C@]3(C)C4=CC=C5C(=CC(=O)[C@@]6(O)Oc7cc8c(cc7O[C@@]56C)C(=O)C=C5[C@@]8(C)CC[C@@]6(C)[C@@H]7C[C@@H](C)C(=O)C[C@]7(C)CC[C@]56C)[C@]4(C)CC[C@@]23C)CC1=O. The summed E-state index contributed by atoms with van der Waals surface area (Å²) in [5, 5.41) is 12.7. The van der Waals surface area contributed by atoms with E-state index in [2.05, 4.69) is 81.4 Å². The van der Waals surface area contributed by atoms with Crippen LogP contribution in [0.15, 0.2) is 58.7 Å². The Labute approximate surface area is 368 Å². The van der Waals surface area contributed by atoms with Gasteiger partial charge in [-0.2, -0.15) is 0 Å². The van der Waals surface area contributed by atoms with Crippen LogP contribution in [0.4, 0.5) is 0 Å². The summed E-state index contributed by atoms with van der Waals surface area (Å²) in [6.45, 7) is 24.9. The molecule has 14 atom stereocenters. The van der Waals surface area contributed by atoms with Crippen LogP contribution in [-0.2, 0) is 19.8 Å². The van der Waals surface area contributed by atoms with Gasteiger partial charge in [0.25, 0.3) is 0 Å². The Bertz CT molecular complexity index is 2490. The van der Waals surface area contributed by atoms with E-state index in [9.17, 15) is 24.3 Å². The van der Waals surface area contributed by atoms with E-state index in [-0.39, 0.29) is 55.9 Å². The molecule has 0 bridgehead atoms. The van der Waals surface area contributed by atoms with Crippen molar-refractivity contribution in [3.05, 3.63) is 69.9 Å². The number of hydrogen-bond donors (Lipinski definition) is 1. The molecule has 1 aromatic rings. The van der Waals surface area contributed by atoms with Crippen LogP contribution in [0.5, 0.6) is 11.5 Å². The number of Topliss-reactive ketones (excluding diaryl/α,β-unsaturated/α-hetero) is 2. The molecule has 11 rings (SSSR count). The zero-order valence-corrected chi connectivity index (χ0v) is 39.2. The zero-order chi connectivity index (χ0) is 44.4. The predicted octanol–water partition coefficient (Wildman–Crippen LogP) is 11.1. The smallest absolute Gasteiger partial charge is 0.317 e. The van der Waals surface area contributed by atoms with Crippen molar-refractivity contribution in [3.63, 3.8) is 0 Å². The predicted molar refractivity (Wildman–Crippen MR) is 238 cm³/mol. The summed E-state index contributed by atoms with van der Waals surface area (Å²) in [5.74, 6) is -0.558. The average Bonchev–Trinajstić information content (AvgIpc) is 3.20. The van der Waals surface area contributed by atoms with Gasteiger partial charge in [0.1, 0.15) is 11.6 Å². The first-order valence-corrected chi connectivity index (χ1v) is 24.1. The van der Waals surface area contributed by atoms with Gasteiger partial charge in [0.05, 0.1) is 0 Å². The van der Waals surface area contributed by atoms with Crippen LogP contribution < -0.4 is 9.47 Å². The quantitative estimate of drug-likeness (QED) is 0.277. The van der Waals surface area contributed by atoms with Gasteiger partial charge < -0.3 is 14.6 Å². The molecule has 62 heavy (non-hydrogen) atoms. The molecule has 7 heteroatoms. The summed E-state index contributed by atoms with van der Waals surface area (Å²) < 4.78 is 13.6. The number of fused-ring (bicyclic) bond motifs is 17. The molecule has 9 aliphatic carbocycles. The summed E-state index contributed by atoms with van der Waals surface area (Å²) in [4.78, 5) is 55.4. The molecule has 0 saturated heterocycles. The van der Waals surface area contributed by atoms with Gasteiger partial charge >= 0.3 is 5.79 Å². The molecule has 1 aromatic carbocycles. The summed E-state index contributed by atoms with van der Waals surface area (Å²) in [5.41, 5.74) is 2.51. The van der Waals surface area contributed by atoms with Gasteiger partial charge in [-0.3, -0.25) is 19.2 Å². The maximum absolute atomic E-state index is 14.7. The molecule has 0 aromatic heterocycles. The van der Waals surface area contributed by atoms with E-state index < -0.39 is 28.0 Å². The standard InChI is InChI=1S/C55H68O7/c1-30-22-42-46(3,28-37(30)57)14-18-50(7)41-13-12-33-35(49(41,6)17-21-51(42,50)8)26-45(59)55(60)54(33,11)61-39-24-32-34(25-40(39)62-55)48(5)16-20-52(9)43-23-31(2)38(58)29-47(43,4)15-19-53(52,10)44(48)27-36(32)56/h12-13,24-27,30-31,42-43,60H,14-23,28-29H2,1-11H3/t30-,31-,42-,43-,46+,47+,48+,49+,50-,51+,52+,53-,54+,55-/m1/s1. The number of benzene rings is 1. The number of allylic oxidation sites excluding steroid dienone is 5. The molecule has 10 aliphatic rings. The van der Waals surface area contributed by atoms with E-state index in [4.69, 9.17) is 9.47 Å². The lowest BCUT2D eigenvalue weighted by molar-refractivity contribution is -0.231. The van der Waals surface area contributed by atoms with E-state index in [1.165, 1.54) is 11.1 Å². The second kappa shape index (κ2) is 11.8. The first kappa shape index (κ1) is 41.1. The maximum Gasteiger partial charge on any atom is 0.317 e. The number of aliphatic hydroxyl groups is 1. The number of hydrogen-bond acceptors (Lipinski definition) is 7. The Hall–Kier alpha value is -3.58. The summed E-state index contributed by atoms with van der Waals surface area (Å²) in [6.07, 6.45) is 18.5. The van der Waals surface area contributed by atoms with Crippen LogP contribution in [-0.4, -0.2) is 39.6 Å². The van der Waals surface area contributed by atoms with Crippen LogP contribution in [0.2, 0.25) is 0 Å². The largest absolute Gasteiger partial charge is 0.471 e. The van der Waals surface area contributed by atoms with Gasteiger partial charge in [0.15, 0.2) is 17.3 Å². The molecule has 7 nitrogen and oxygen atoms in total. The van der Waals surface area contributed by atoms with Gasteiger partial charge in [0.2, 0.25) is 11.4 Å². The van der Waals surface area contributed by atoms with Crippen molar-refractivity contribution >= 4 is 23.1 Å². The maximum atomic E-state index is 14.7. The third-order valence-electron chi connectivity index (χ3n) is 22.1. The fraction of sp³-hybridized carbons (Fsp3) is 0.673. The molecule has 1 N–H and O–H groups in total. The topological polar surface area (TPSA) is 107 Å². The Kier molecular flexibility index (Phi) is 7.84. The van der Waals surface area contributed by atoms with Gasteiger partial charge in [-0.25, -0.2) is 0 Å². The van der Waals surface area contributed by atoms with Crippen LogP contribution >= 0.6 is 0 Å². The van der Waals surface area contributed by atoms with Crippen molar-refractivity contribution in [2.45, 2.75) is 170 Å². The van der Waals surface area contributed by atoms with Gasteiger partial charge in [-0.1, -0.05) is 87.0 Å². The van der Waals surface area contributed by atoms with E-state index >= 15 is 0 Å².